The lowest BCUT2D eigenvalue weighted by Gasteiger charge is -2.29. The first-order chi connectivity index (χ1) is 14.4. The van der Waals surface area contributed by atoms with Crippen molar-refractivity contribution in [2.24, 2.45) is 10.7 Å². The highest BCUT2D eigenvalue weighted by molar-refractivity contribution is 6.50. The van der Waals surface area contributed by atoms with Gasteiger partial charge in [0.2, 0.25) is 11.9 Å². The molecule has 0 bridgehead atoms. The molecular weight excluding hydrogens is 380 g/mol. The van der Waals surface area contributed by atoms with Crippen molar-refractivity contribution in [3.63, 3.8) is 0 Å². The number of rotatable bonds is 5. The standard InChI is InChI=1S/C22H22N6O2/c1-13-8-9-16(14(2)10-13)22(20(23)30)18(25-12-26-22)19(29)28-21-24-11-17(27-21)15-6-4-3-5-7-15/h3-11,26H,12H2,1-2H3,(H2,23,30)(H2,24,27,28,29). The van der Waals surface area contributed by atoms with Gasteiger partial charge in [0.25, 0.3) is 5.91 Å². The summed E-state index contributed by atoms with van der Waals surface area (Å²) in [5, 5.41) is 5.72. The third-order valence-electron chi connectivity index (χ3n) is 5.20. The number of primary amides is 1. The van der Waals surface area contributed by atoms with Crippen molar-refractivity contribution < 1.29 is 9.59 Å². The van der Waals surface area contributed by atoms with Gasteiger partial charge in [0.05, 0.1) is 18.6 Å². The average Bonchev–Trinajstić information content (AvgIpc) is 3.36. The summed E-state index contributed by atoms with van der Waals surface area (Å²) in [7, 11) is 0. The molecule has 0 aliphatic carbocycles. The van der Waals surface area contributed by atoms with E-state index >= 15 is 0 Å². The van der Waals surface area contributed by atoms with Crippen molar-refractivity contribution in [1.82, 2.24) is 15.3 Å². The minimum Gasteiger partial charge on any atom is -0.367 e. The van der Waals surface area contributed by atoms with E-state index < -0.39 is 17.4 Å². The van der Waals surface area contributed by atoms with Crippen LogP contribution >= 0.6 is 0 Å². The maximum atomic E-state index is 13.1. The van der Waals surface area contributed by atoms with Gasteiger partial charge in [-0.15, -0.1) is 0 Å². The Labute approximate surface area is 173 Å². The molecule has 0 radical (unpaired) electrons. The second-order valence-corrected chi connectivity index (χ2v) is 7.24. The average molecular weight is 402 g/mol. The first-order valence-electron chi connectivity index (χ1n) is 9.51. The molecule has 0 saturated heterocycles. The van der Waals surface area contributed by atoms with Crippen LogP contribution in [-0.4, -0.2) is 34.2 Å². The Hall–Kier alpha value is -3.78. The van der Waals surface area contributed by atoms with Crippen LogP contribution in [0.15, 0.2) is 59.7 Å². The number of H-pyrrole nitrogens is 1. The fraction of sp³-hybridized carbons (Fsp3) is 0.182. The van der Waals surface area contributed by atoms with Crippen molar-refractivity contribution in [2.75, 3.05) is 12.0 Å². The maximum absolute atomic E-state index is 13.1. The number of nitrogens with one attached hydrogen (secondary N) is 3. The number of amides is 2. The summed E-state index contributed by atoms with van der Waals surface area (Å²) in [6.45, 7) is 3.94. The molecule has 8 nitrogen and oxygen atoms in total. The molecule has 5 N–H and O–H groups in total. The van der Waals surface area contributed by atoms with Crippen molar-refractivity contribution >= 4 is 23.5 Å². The zero-order chi connectivity index (χ0) is 21.3. The van der Waals surface area contributed by atoms with E-state index in [2.05, 4.69) is 25.6 Å². The van der Waals surface area contributed by atoms with E-state index in [1.54, 1.807) is 12.3 Å². The first-order valence-corrected chi connectivity index (χ1v) is 9.51. The summed E-state index contributed by atoms with van der Waals surface area (Å²) in [5.74, 6) is -0.981. The number of hydrogen-bond donors (Lipinski definition) is 4. The Bertz CT molecular complexity index is 1150. The highest BCUT2D eigenvalue weighted by Crippen LogP contribution is 2.30. The van der Waals surface area contributed by atoms with Gasteiger partial charge in [-0.05, 0) is 30.5 Å². The van der Waals surface area contributed by atoms with Gasteiger partial charge in [0.15, 0.2) is 5.54 Å². The molecule has 152 valence electrons. The van der Waals surface area contributed by atoms with Gasteiger partial charge in [0.1, 0.15) is 5.71 Å². The molecule has 1 atom stereocenters. The predicted molar refractivity (Wildman–Crippen MR) is 115 cm³/mol. The predicted octanol–water partition coefficient (Wildman–Crippen LogP) is 2.01. The number of aromatic amines is 1. The van der Waals surface area contributed by atoms with Crippen molar-refractivity contribution in [2.45, 2.75) is 19.4 Å². The maximum Gasteiger partial charge on any atom is 0.274 e. The molecule has 0 saturated carbocycles. The first kappa shape index (κ1) is 19.5. The molecule has 3 aromatic rings. The van der Waals surface area contributed by atoms with Crippen LogP contribution in [0.5, 0.6) is 0 Å². The monoisotopic (exact) mass is 402 g/mol. The van der Waals surface area contributed by atoms with Crippen LogP contribution in [0.2, 0.25) is 0 Å². The van der Waals surface area contributed by atoms with Crippen LogP contribution in [0.25, 0.3) is 11.3 Å². The normalized spacial score (nSPS) is 18.1. The van der Waals surface area contributed by atoms with Gasteiger partial charge in [-0.3, -0.25) is 25.2 Å². The summed E-state index contributed by atoms with van der Waals surface area (Å²) in [4.78, 5) is 37.2. The largest absolute Gasteiger partial charge is 0.367 e. The van der Waals surface area contributed by atoms with Gasteiger partial charge in [-0.25, -0.2) is 4.98 Å². The van der Waals surface area contributed by atoms with Crippen molar-refractivity contribution in [3.8, 4) is 11.3 Å². The number of nitrogens with two attached hydrogens (primary N) is 1. The van der Waals surface area contributed by atoms with Crippen molar-refractivity contribution in [3.05, 3.63) is 71.4 Å². The van der Waals surface area contributed by atoms with Crippen LogP contribution in [0.4, 0.5) is 5.95 Å². The number of carbonyl (C=O) groups is 2. The van der Waals surface area contributed by atoms with Gasteiger partial charge in [-0.2, -0.15) is 0 Å². The molecule has 1 aliphatic heterocycles. The molecule has 2 heterocycles. The fourth-order valence-electron chi connectivity index (χ4n) is 3.79. The topological polar surface area (TPSA) is 125 Å². The fourth-order valence-corrected chi connectivity index (χ4v) is 3.79. The third-order valence-corrected chi connectivity index (χ3v) is 5.20. The smallest absolute Gasteiger partial charge is 0.274 e. The number of carbonyl (C=O) groups excluding carboxylic acids is 2. The minimum absolute atomic E-state index is 0.0135. The zero-order valence-corrected chi connectivity index (χ0v) is 16.7. The number of nitrogens with zero attached hydrogens (tertiary/aromatic N) is 2. The van der Waals surface area contributed by atoms with Crippen LogP contribution in [-0.2, 0) is 15.1 Å². The van der Waals surface area contributed by atoms with Gasteiger partial charge in [0, 0.05) is 0 Å². The van der Waals surface area contributed by atoms with Crippen LogP contribution in [0.1, 0.15) is 16.7 Å². The molecule has 1 aromatic heterocycles. The molecule has 0 spiro atoms. The summed E-state index contributed by atoms with van der Waals surface area (Å²) < 4.78 is 0. The molecule has 1 aliphatic rings. The highest BCUT2D eigenvalue weighted by atomic mass is 16.2. The number of aromatic nitrogens is 2. The molecule has 2 amide bonds. The SMILES string of the molecule is Cc1ccc(C2(C(N)=O)NCN=C2C(=O)Nc2ncc(-c3ccccc3)[nH]2)c(C)c1. The third kappa shape index (κ3) is 3.27. The molecule has 2 aromatic carbocycles. The molecular formula is C22H22N6O2. The Morgan fingerprint density at radius 3 is 2.60 bits per heavy atom. The molecule has 30 heavy (non-hydrogen) atoms. The summed E-state index contributed by atoms with van der Waals surface area (Å²) in [5.41, 5.74) is 8.48. The minimum atomic E-state index is -1.50. The lowest BCUT2D eigenvalue weighted by molar-refractivity contribution is -0.123. The van der Waals surface area contributed by atoms with E-state index in [1.807, 2.05) is 56.3 Å². The lowest BCUT2D eigenvalue weighted by Crippen LogP contribution is -2.58. The summed E-state index contributed by atoms with van der Waals surface area (Å²) >= 11 is 0. The Kier molecular flexibility index (Phi) is 4.93. The number of hydrogen-bond acceptors (Lipinski definition) is 5. The molecule has 8 heteroatoms. The number of benzene rings is 2. The van der Waals surface area contributed by atoms with E-state index in [0.717, 1.165) is 22.4 Å². The van der Waals surface area contributed by atoms with Crippen molar-refractivity contribution in [1.29, 1.82) is 0 Å². The highest BCUT2D eigenvalue weighted by Gasteiger charge is 2.50. The summed E-state index contributed by atoms with van der Waals surface area (Å²) in [6.07, 6.45) is 1.63. The second kappa shape index (κ2) is 7.57. The van der Waals surface area contributed by atoms with E-state index in [1.165, 1.54) is 0 Å². The zero-order valence-electron chi connectivity index (χ0n) is 16.7. The molecule has 1 unspecified atom stereocenters. The number of aliphatic imine (C=N–C) groups is 1. The Balaban J connectivity index is 1.65. The van der Waals surface area contributed by atoms with Crippen LogP contribution in [0, 0.1) is 13.8 Å². The van der Waals surface area contributed by atoms with Crippen LogP contribution < -0.4 is 16.4 Å². The van der Waals surface area contributed by atoms with E-state index in [-0.39, 0.29) is 18.3 Å². The Morgan fingerprint density at radius 2 is 1.90 bits per heavy atom. The van der Waals surface area contributed by atoms with Gasteiger partial charge in [-0.1, -0.05) is 54.1 Å². The molecule has 4 rings (SSSR count). The van der Waals surface area contributed by atoms with E-state index in [4.69, 9.17) is 5.73 Å². The summed E-state index contributed by atoms with van der Waals surface area (Å²) in [6, 6.07) is 15.2. The van der Waals surface area contributed by atoms with Gasteiger partial charge < -0.3 is 10.7 Å². The van der Waals surface area contributed by atoms with E-state index in [9.17, 15) is 9.59 Å². The van der Waals surface area contributed by atoms with Crippen LogP contribution in [0.3, 0.4) is 0 Å². The molecule has 0 fully saturated rings. The Morgan fingerprint density at radius 1 is 1.13 bits per heavy atom. The number of imidazole rings is 1. The second-order valence-electron chi connectivity index (χ2n) is 7.24. The lowest BCUT2D eigenvalue weighted by atomic mass is 9.81. The van der Waals surface area contributed by atoms with Gasteiger partial charge >= 0.3 is 0 Å². The quantitative estimate of drug-likeness (QED) is 0.521. The number of anilines is 1. The number of aryl methyl sites for hydroxylation is 2. The van der Waals surface area contributed by atoms with E-state index in [0.29, 0.717) is 5.56 Å².